The highest BCUT2D eigenvalue weighted by atomic mass is 16.5. The average molecular weight is 395 g/mol. The SMILES string of the molecule is CC/C=C\C/C=C\C/C=C\C[C@@H]1O[C@H]([C@H](O)/C=C/[C@H](O)CCC(=O)O)C[C@@H]1O. The molecule has 0 aromatic carbocycles. The lowest BCUT2D eigenvalue weighted by Gasteiger charge is -2.16. The van der Waals surface area contributed by atoms with Gasteiger partial charge in [0, 0.05) is 12.8 Å². The molecular weight excluding hydrogens is 360 g/mol. The molecule has 158 valence electrons. The molecule has 0 unspecified atom stereocenters. The van der Waals surface area contributed by atoms with E-state index in [2.05, 4.69) is 31.2 Å². The van der Waals surface area contributed by atoms with E-state index < -0.39 is 30.4 Å². The highest BCUT2D eigenvalue weighted by Crippen LogP contribution is 2.26. The zero-order valence-electron chi connectivity index (χ0n) is 16.6. The molecule has 0 aromatic rings. The Morgan fingerprint density at radius 1 is 1.07 bits per heavy atom. The van der Waals surface area contributed by atoms with E-state index in [0.29, 0.717) is 12.8 Å². The number of aliphatic carboxylic acids is 1. The summed E-state index contributed by atoms with van der Waals surface area (Å²) in [5, 5.41) is 38.5. The minimum Gasteiger partial charge on any atom is -0.481 e. The zero-order valence-corrected chi connectivity index (χ0v) is 16.6. The van der Waals surface area contributed by atoms with Gasteiger partial charge in [-0.15, -0.1) is 0 Å². The van der Waals surface area contributed by atoms with E-state index in [0.717, 1.165) is 19.3 Å². The fourth-order valence-electron chi connectivity index (χ4n) is 2.87. The summed E-state index contributed by atoms with van der Waals surface area (Å²) < 4.78 is 5.73. The van der Waals surface area contributed by atoms with Crippen molar-refractivity contribution in [1.29, 1.82) is 0 Å². The number of carboxylic acid groups (broad SMARTS) is 1. The molecule has 6 heteroatoms. The van der Waals surface area contributed by atoms with Gasteiger partial charge in [0.1, 0.15) is 0 Å². The second-order valence-electron chi connectivity index (χ2n) is 6.92. The third-order valence-electron chi connectivity index (χ3n) is 4.47. The van der Waals surface area contributed by atoms with Gasteiger partial charge in [-0.05, 0) is 32.1 Å². The van der Waals surface area contributed by atoms with E-state index in [1.807, 2.05) is 12.2 Å². The molecule has 0 radical (unpaired) electrons. The molecule has 1 aliphatic heterocycles. The number of aliphatic hydroxyl groups is 3. The van der Waals surface area contributed by atoms with Crippen LogP contribution in [0.5, 0.6) is 0 Å². The van der Waals surface area contributed by atoms with Crippen LogP contribution in [0.4, 0.5) is 0 Å². The first-order chi connectivity index (χ1) is 13.4. The van der Waals surface area contributed by atoms with E-state index in [1.54, 1.807) is 0 Å². The van der Waals surface area contributed by atoms with Gasteiger partial charge < -0.3 is 25.2 Å². The van der Waals surface area contributed by atoms with E-state index in [9.17, 15) is 20.1 Å². The summed E-state index contributed by atoms with van der Waals surface area (Å²) in [5.41, 5.74) is 0. The minimum atomic E-state index is -0.977. The van der Waals surface area contributed by atoms with Crippen molar-refractivity contribution >= 4 is 5.97 Å². The predicted octanol–water partition coefficient (Wildman–Crippen LogP) is 2.90. The first-order valence-electron chi connectivity index (χ1n) is 9.98. The van der Waals surface area contributed by atoms with Gasteiger partial charge in [0.2, 0.25) is 0 Å². The fourth-order valence-corrected chi connectivity index (χ4v) is 2.87. The molecule has 4 N–H and O–H groups in total. The molecule has 0 bridgehead atoms. The highest BCUT2D eigenvalue weighted by molar-refractivity contribution is 5.66. The number of ether oxygens (including phenoxy) is 1. The van der Waals surface area contributed by atoms with E-state index in [-0.39, 0.29) is 18.9 Å². The molecule has 6 nitrogen and oxygen atoms in total. The Kier molecular flexibility index (Phi) is 12.4. The van der Waals surface area contributed by atoms with Crippen molar-refractivity contribution in [2.75, 3.05) is 0 Å². The molecule has 0 aromatic heterocycles. The number of carbonyl (C=O) groups is 1. The normalized spacial score (nSPS) is 25.5. The molecule has 1 fully saturated rings. The highest BCUT2D eigenvalue weighted by Gasteiger charge is 2.36. The molecule has 5 atom stereocenters. The van der Waals surface area contributed by atoms with Crippen LogP contribution in [0, 0.1) is 0 Å². The van der Waals surface area contributed by atoms with E-state index in [1.165, 1.54) is 12.2 Å². The summed E-state index contributed by atoms with van der Waals surface area (Å²) in [6.45, 7) is 2.11. The second kappa shape index (κ2) is 14.3. The monoisotopic (exact) mass is 394 g/mol. The van der Waals surface area contributed by atoms with Gasteiger partial charge in [0.05, 0.1) is 30.5 Å². The quantitative estimate of drug-likeness (QED) is 0.358. The molecular formula is C22H34O6. The third kappa shape index (κ3) is 10.6. The lowest BCUT2D eigenvalue weighted by atomic mass is 10.0. The lowest BCUT2D eigenvalue weighted by Crippen LogP contribution is -2.24. The fraction of sp³-hybridized carbons (Fsp3) is 0.591. The summed E-state index contributed by atoms with van der Waals surface area (Å²) in [6, 6.07) is 0. The first-order valence-corrected chi connectivity index (χ1v) is 9.98. The van der Waals surface area contributed by atoms with E-state index >= 15 is 0 Å². The van der Waals surface area contributed by atoms with Gasteiger partial charge in [-0.1, -0.05) is 55.5 Å². The summed E-state index contributed by atoms with van der Waals surface area (Å²) >= 11 is 0. The largest absolute Gasteiger partial charge is 0.481 e. The van der Waals surface area contributed by atoms with Gasteiger partial charge >= 0.3 is 5.97 Å². The predicted molar refractivity (Wildman–Crippen MR) is 109 cm³/mol. The van der Waals surface area contributed by atoms with Gasteiger partial charge in [-0.25, -0.2) is 0 Å². The smallest absolute Gasteiger partial charge is 0.303 e. The van der Waals surface area contributed by atoms with Gasteiger partial charge in [0.15, 0.2) is 0 Å². The van der Waals surface area contributed by atoms with Crippen LogP contribution in [0.1, 0.15) is 51.9 Å². The van der Waals surface area contributed by atoms with Crippen LogP contribution in [0.15, 0.2) is 48.6 Å². The molecule has 0 amide bonds. The van der Waals surface area contributed by atoms with Crippen molar-refractivity contribution in [2.24, 2.45) is 0 Å². The zero-order chi connectivity index (χ0) is 20.8. The molecule has 1 rings (SSSR count). The Balaban J connectivity index is 2.32. The molecule has 1 aliphatic rings. The number of allylic oxidation sites excluding steroid dienone is 5. The summed E-state index contributed by atoms with van der Waals surface area (Å²) in [7, 11) is 0. The van der Waals surface area contributed by atoms with Crippen LogP contribution in [-0.2, 0) is 9.53 Å². The van der Waals surface area contributed by atoms with Crippen molar-refractivity contribution in [1.82, 2.24) is 0 Å². The Morgan fingerprint density at radius 3 is 2.36 bits per heavy atom. The minimum absolute atomic E-state index is 0.0868. The second-order valence-corrected chi connectivity index (χ2v) is 6.92. The maximum atomic E-state index is 10.5. The number of aliphatic hydroxyl groups excluding tert-OH is 3. The van der Waals surface area contributed by atoms with Crippen LogP contribution in [0.25, 0.3) is 0 Å². The van der Waals surface area contributed by atoms with Crippen LogP contribution in [0.2, 0.25) is 0 Å². The molecule has 0 saturated carbocycles. The van der Waals surface area contributed by atoms with Crippen LogP contribution >= 0.6 is 0 Å². The first kappa shape index (κ1) is 24.3. The van der Waals surface area contributed by atoms with Crippen LogP contribution in [0.3, 0.4) is 0 Å². The Hall–Kier alpha value is -1.73. The Labute approximate surface area is 167 Å². The molecule has 28 heavy (non-hydrogen) atoms. The van der Waals surface area contributed by atoms with Crippen molar-refractivity contribution in [3.8, 4) is 0 Å². The van der Waals surface area contributed by atoms with Crippen molar-refractivity contribution in [3.63, 3.8) is 0 Å². The number of hydrogen-bond acceptors (Lipinski definition) is 5. The van der Waals surface area contributed by atoms with E-state index in [4.69, 9.17) is 9.84 Å². The van der Waals surface area contributed by atoms with Crippen LogP contribution < -0.4 is 0 Å². The lowest BCUT2D eigenvalue weighted by molar-refractivity contribution is -0.137. The van der Waals surface area contributed by atoms with Crippen molar-refractivity contribution in [2.45, 2.75) is 82.4 Å². The summed E-state index contributed by atoms with van der Waals surface area (Å²) in [4.78, 5) is 10.5. The maximum Gasteiger partial charge on any atom is 0.303 e. The van der Waals surface area contributed by atoms with Gasteiger partial charge in [-0.2, -0.15) is 0 Å². The number of hydrogen-bond donors (Lipinski definition) is 4. The number of rotatable bonds is 13. The average Bonchev–Trinajstić information content (AvgIpc) is 3.03. The Bertz CT molecular complexity index is 551. The van der Waals surface area contributed by atoms with Gasteiger partial charge in [0.25, 0.3) is 0 Å². The summed E-state index contributed by atoms with van der Waals surface area (Å²) in [5.74, 6) is -0.977. The van der Waals surface area contributed by atoms with Crippen molar-refractivity contribution in [3.05, 3.63) is 48.6 Å². The van der Waals surface area contributed by atoms with Crippen molar-refractivity contribution < 1.29 is 30.0 Å². The standard InChI is InChI=1S/C22H34O6/c1-2-3-4-5-6-7-8-9-10-11-20-19(25)16-21(28-20)18(24)14-12-17(23)13-15-22(26)27/h3-4,6-7,9-10,12,14,17-21,23-25H,2,5,8,11,13,15-16H2,1H3,(H,26,27)/b4-3-,7-6-,10-9-,14-12+/t17-,18+,19-,20-,21-/m0/s1. The molecule has 0 spiro atoms. The van der Waals surface area contributed by atoms with Crippen LogP contribution in [-0.4, -0.2) is 56.9 Å². The Morgan fingerprint density at radius 2 is 1.71 bits per heavy atom. The number of carboxylic acids is 1. The maximum absolute atomic E-state index is 10.5. The molecule has 1 heterocycles. The molecule has 0 aliphatic carbocycles. The third-order valence-corrected chi connectivity index (χ3v) is 4.47. The summed E-state index contributed by atoms with van der Waals surface area (Å²) in [6.07, 6.45) is 15.5. The molecule has 1 saturated heterocycles. The van der Waals surface area contributed by atoms with Gasteiger partial charge in [-0.3, -0.25) is 4.79 Å². The topological polar surface area (TPSA) is 107 Å².